The van der Waals surface area contributed by atoms with E-state index in [4.69, 9.17) is 5.73 Å². The maximum Gasteiger partial charge on any atom is 0.241 e. The van der Waals surface area contributed by atoms with Crippen LogP contribution in [0.25, 0.3) is 0 Å². The summed E-state index contributed by atoms with van der Waals surface area (Å²) in [5, 5.41) is 0. The highest BCUT2D eigenvalue weighted by molar-refractivity contribution is 9.10. The molecule has 4 nitrogen and oxygen atoms in total. The second-order valence-corrected chi connectivity index (χ2v) is 8.27. The van der Waals surface area contributed by atoms with Crippen molar-refractivity contribution in [2.75, 3.05) is 6.54 Å². The van der Waals surface area contributed by atoms with Crippen LogP contribution in [0.1, 0.15) is 38.5 Å². The van der Waals surface area contributed by atoms with E-state index >= 15 is 0 Å². The smallest absolute Gasteiger partial charge is 0.241 e. The molecule has 1 aliphatic rings. The number of sulfonamides is 1. The molecule has 126 valence electrons. The van der Waals surface area contributed by atoms with Crippen molar-refractivity contribution in [1.82, 2.24) is 4.72 Å². The molecule has 8 heteroatoms. The van der Waals surface area contributed by atoms with Gasteiger partial charge in [0, 0.05) is 16.6 Å². The fourth-order valence-corrected chi connectivity index (χ4v) is 4.81. The molecule has 2 rings (SSSR count). The van der Waals surface area contributed by atoms with Crippen molar-refractivity contribution in [2.24, 2.45) is 5.73 Å². The Bertz CT molecular complexity index is 605. The second-order valence-electron chi connectivity index (χ2n) is 5.68. The number of rotatable bonds is 4. The first-order valence-electron chi connectivity index (χ1n) is 7.06. The van der Waals surface area contributed by atoms with Crippen molar-refractivity contribution < 1.29 is 12.8 Å². The first-order valence-corrected chi connectivity index (χ1v) is 9.34. The van der Waals surface area contributed by atoms with Gasteiger partial charge in [0.2, 0.25) is 10.0 Å². The predicted octanol–water partition coefficient (Wildman–Crippen LogP) is 3.34. The van der Waals surface area contributed by atoms with Gasteiger partial charge in [-0.2, -0.15) is 0 Å². The molecule has 0 radical (unpaired) electrons. The van der Waals surface area contributed by atoms with Gasteiger partial charge in [-0.1, -0.05) is 25.7 Å². The molecule has 0 atom stereocenters. The van der Waals surface area contributed by atoms with Crippen LogP contribution in [-0.4, -0.2) is 20.5 Å². The van der Waals surface area contributed by atoms with Crippen LogP contribution >= 0.6 is 28.3 Å². The first kappa shape index (κ1) is 19.8. The van der Waals surface area contributed by atoms with Crippen molar-refractivity contribution in [3.8, 4) is 0 Å². The van der Waals surface area contributed by atoms with E-state index in [9.17, 15) is 12.8 Å². The van der Waals surface area contributed by atoms with Crippen LogP contribution in [0.4, 0.5) is 4.39 Å². The molecule has 0 spiro atoms. The molecule has 0 amide bonds. The summed E-state index contributed by atoms with van der Waals surface area (Å²) in [7, 11) is -3.70. The van der Waals surface area contributed by atoms with E-state index in [2.05, 4.69) is 20.7 Å². The third-order valence-corrected chi connectivity index (χ3v) is 6.27. The summed E-state index contributed by atoms with van der Waals surface area (Å²) in [6.07, 6.45) is 5.99. The Hall–Kier alpha value is -0.210. The number of nitrogens with two attached hydrogens (primary N) is 1. The number of hydrogen-bond donors (Lipinski definition) is 2. The molecule has 0 bridgehead atoms. The van der Waals surface area contributed by atoms with Crippen molar-refractivity contribution in [3.05, 3.63) is 28.5 Å². The highest BCUT2D eigenvalue weighted by Gasteiger charge is 2.29. The minimum absolute atomic E-state index is 0. The van der Waals surface area contributed by atoms with Crippen LogP contribution in [0.3, 0.4) is 0 Å². The Balaban J connectivity index is 0.00000242. The zero-order valence-electron chi connectivity index (χ0n) is 12.1. The minimum atomic E-state index is -3.70. The van der Waals surface area contributed by atoms with E-state index < -0.39 is 21.4 Å². The summed E-state index contributed by atoms with van der Waals surface area (Å²) in [6.45, 7) is 0.207. The topological polar surface area (TPSA) is 72.2 Å². The third kappa shape index (κ3) is 5.16. The molecule has 0 heterocycles. The van der Waals surface area contributed by atoms with E-state index in [-0.39, 0.29) is 28.3 Å². The van der Waals surface area contributed by atoms with E-state index in [1.165, 1.54) is 6.07 Å². The van der Waals surface area contributed by atoms with Crippen LogP contribution in [0.15, 0.2) is 27.6 Å². The van der Waals surface area contributed by atoms with Crippen LogP contribution in [0, 0.1) is 5.82 Å². The SMILES string of the molecule is Cl.NC1(CNS(=O)(=O)c2ccc(F)cc2Br)CCCCCC1. The summed E-state index contributed by atoms with van der Waals surface area (Å²) in [4.78, 5) is 0.0288. The minimum Gasteiger partial charge on any atom is -0.324 e. The van der Waals surface area contributed by atoms with Crippen molar-refractivity contribution >= 4 is 38.4 Å². The Kier molecular flexibility index (Phi) is 7.26. The van der Waals surface area contributed by atoms with E-state index in [1.54, 1.807) is 0 Å². The molecule has 1 aromatic carbocycles. The van der Waals surface area contributed by atoms with Crippen LogP contribution < -0.4 is 10.5 Å². The van der Waals surface area contributed by atoms with Gasteiger partial charge < -0.3 is 5.73 Å². The van der Waals surface area contributed by atoms with E-state index in [0.717, 1.165) is 50.7 Å². The van der Waals surface area contributed by atoms with Gasteiger partial charge in [0.15, 0.2) is 0 Å². The summed E-state index contributed by atoms with van der Waals surface area (Å²) in [6, 6.07) is 3.51. The Morgan fingerprint density at radius 3 is 2.36 bits per heavy atom. The largest absolute Gasteiger partial charge is 0.324 e. The molecule has 1 fully saturated rings. The molecule has 1 saturated carbocycles. The standard InChI is InChI=1S/C14H20BrFN2O2S.ClH/c15-12-9-11(16)5-6-13(12)21(19,20)18-10-14(17)7-3-1-2-4-8-14;/h5-6,9,18H,1-4,7-8,10,17H2;1H. The summed E-state index contributed by atoms with van der Waals surface area (Å²) < 4.78 is 40.5. The first-order chi connectivity index (χ1) is 9.82. The molecule has 0 saturated heterocycles. The van der Waals surface area contributed by atoms with Gasteiger partial charge >= 0.3 is 0 Å². The maximum atomic E-state index is 13.1. The molecular weight excluding hydrogens is 395 g/mol. The van der Waals surface area contributed by atoms with E-state index in [0.29, 0.717) is 0 Å². The van der Waals surface area contributed by atoms with Crippen LogP contribution in [0.5, 0.6) is 0 Å². The molecular formula is C14H21BrClFN2O2S. The zero-order valence-corrected chi connectivity index (χ0v) is 15.4. The lowest BCUT2D eigenvalue weighted by molar-refractivity contribution is 0.369. The Morgan fingerprint density at radius 1 is 1.23 bits per heavy atom. The number of hydrogen-bond acceptors (Lipinski definition) is 3. The van der Waals surface area contributed by atoms with Crippen LogP contribution in [0.2, 0.25) is 0 Å². The number of nitrogens with one attached hydrogen (secondary N) is 1. The molecule has 0 aromatic heterocycles. The maximum absolute atomic E-state index is 13.1. The average Bonchev–Trinajstić information content (AvgIpc) is 2.62. The van der Waals surface area contributed by atoms with Gasteiger partial charge in [0.1, 0.15) is 5.82 Å². The lowest BCUT2D eigenvalue weighted by atomic mass is 9.92. The fourth-order valence-electron chi connectivity index (χ4n) is 2.62. The normalized spacial score (nSPS) is 18.3. The third-order valence-electron chi connectivity index (χ3n) is 3.90. The Morgan fingerprint density at radius 2 is 1.82 bits per heavy atom. The number of halogens is 3. The van der Waals surface area contributed by atoms with Crippen LogP contribution in [-0.2, 0) is 10.0 Å². The summed E-state index contributed by atoms with van der Waals surface area (Å²) in [5.41, 5.74) is 5.82. The highest BCUT2D eigenvalue weighted by Crippen LogP contribution is 2.26. The summed E-state index contributed by atoms with van der Waals surface area (Å²) in [5.74, 6) is -0.486. The van der Waals surface area contributed by atoms with Gasteiger partial charge in [-0.05, 0) is 47.0 Å². The molecule has 0 unspecified atom stereocenters. The fraction of sp³-hybridized carbons (Fsp3) is 0.571. The lowest BCUT2D eigenvalue weighted by Gasteiger charge is -2.28. The Labute approximate surface area is 145 Å². The molecule has 3 N–H and O–H groups in total. The van der Waals surface area contributed by atoms with E-state index in [1.807, 2.05) is 0 Å². The van der Waals surface area contributed by atoms with Crippen molar-refractivity contribution in [2.45, 2.75) is 49.0 Å². The van der Waals surface area contributed by atoms with Crippen molar-refractivity contribution in [1.29, 1.82) is 0 Å². The molecule has 1 aliphatic carbocycles. The molecule has 22 heavy (non-hydrogen) atoms. The number of benzene rings is 1. The lowest BCUT2D eigenvalue weighted by Crippen LogP contribution is -2.49. The van der Waals surface area contributed by atoms with Gasteiger partial charge in [0.25, 0.3) is 0 Å². The predicted molar refractivity (Wildman–Crippen MR) is 91.2 cm³/mol. The van der Waals surface area contributed by atoms with Gasteiger partial charge in [-0.15, -0.1) is 12.4 Å². The summed E-state index contributed by atoms with van der Waals surface area (Å²) >= 11 is 3.08. The molecule has 0 aliphatic heterocycles. The van der Waals surface area contributed by atoms with Gasteiger partial charge in [0.05, 0.1) is 4.90 Å². The van der Waals surface area contributed by atoms with Crippen molar-refractivity contribution in [3.63, 3.8) is 0 Å². The van der Waals surface area contributed by atoms with Gasteiger partial charge in [-0.3, -0.25) is 0 Å². The van der Waals surface area contributed by atoms with Gasteiger partial charge in [-0.25, -0.2) is 17.5 Å². The zero-order chi connectivity index (χ0) is 15.5. The second kappa shape index (κ2) is 8.06. The quantitative estimate of drug-likeness (QED) is 0.741. The molecule has 1 aromatic rings. The monoisotopic (exact) mass is 414 g/mol. The average molecular weight is 416 g/mol. The highest BCUT2D eigenvalue weighted by atomic mass is 79.9.